The topological polar surface area (TPSA) is 41.9 Å². The van der Waals surface area contributed by atoms with Crippen molar-refractivity contribution in [2.45, 2.75) is 0 Å². The Morgan fingerprint density at radius 2 is 1.05 bits per heavy atom. The predicted octanol–water partition coefficient (Wildman–Crippen LogP) is 9.89. The SMILES string of the molecule is N#Cc1cccc(-c2ccc(-c3cccc4oc5ccccc5c34)cc2)c1-n1c2ccccc2c2ccccc21. The molecule has 186 valence electrons. The van der Waals surface area contributed by atoms with Crippen LogP contribution in [0.4, 0.5) is 0 Å². The zero-order chi connectivity index (χ0) is 26.6. The maximum Gasteiger partial charge on any atom is 0.136 e. The first-order chi connectivity index (χ1) is 19.8. The highest BCUT2D eigenvalue weighted by atomic mass is 16.3. The third kappa shape index (κ3) is 3.24. The average Bonchev–Trinajstić information content (AvgIpc) is 3.57. The van der Waals surface area contributed by atoms with Crippen molar-refractivity contribution in [2.24, 2.45) is 0 Å². The fourth-order valence-electron chi connectivity index (χ4n) is 6.12. The number of rotatable bonds is 3. The van der Waals surface area contributed by atoms with Crippen LogP contribution < -0.4 is 0 Å². The van der Waals surface area contributed by atoms with Crippen molar-refractivity contribution in [3.63, 3.8) is 0 Å². The van der Waals surface area contributed by atoms with Gasteiger partial charge in [0.1, 0.15) is 17.2 Å². The Labute approximate surface area is 230 Å². The number of fused-ring (bicyclic) bond motifs is 6. The standard InChI is InChI=1S/C37H22N2O/c38-23-26-9-7-14-28(37(26)39-32-15-4-1-10-29(32)30-11-2-5-16-33(30)39)25-21-19-24(20-22-25)27-13-8-18-35-36(27)31-12-3-6-17-34(31)40-35/h1-22H. The van der Waals surface area contributed by atoms with Crippen molar-refractivity contribution in [3.8, 4) is 34.0 Å². The maximum atomic E-state index is 10.2. The van der Waals surface area contributed by atoms with Crippen LogP contribution in [0.15, 0.2) is 138 Å². The fraction of sp³-hybridized carbons (Fsp3) is 0. The molecule has 2 heterocycles. The molecular weight excluding hydrogens is 488 g/mol. The van der Waals surface area contributed by atoms with E-state index in [1.54, 1.807) is 0 Å². The van der Waals surface area contributed by atoms with E-state index < -0.39 is 0 Å². The minimum absolute atomic E-state index is 0.641. The summed E-state index contributed by atoms with van der Waals surface area (Å²) in [4.78, 5) is 0. The van der Waals surface area contributed by atoms with E-state index >= 15 is 0 Å². The van der Waals surface area contributed by atoms with E-state index in [0.717, 1.165) is 60.9 Å². The second kappa shape index (κ2) is 8.73. The average molecular weight is 511 g/mol. The van der Waals surface area contributed by atoms with Crippen molar-refractivity contribution < 1.29 is 4.42 Å². The quantitative estimate of drug-likeness (QED) is 0.237. The largest absolute Gasteiger partial charge is 0.456 e. The number of para-hydroxylation sites is 4. The summed E-state index contributed by atoms with van der Waals surface area (Å²) in [5.74, 6) is 0. The Morgan fingerprint density at radius 3 is 1.75 bits per heavy atom. The van der Waals surface area contributed by atoms with Crippen molar-refractivity contribution in [2.75, 3.05) is 0 Å². The molecule has 2 aromatic heterocycles. The molecule has 8 aromatic rings. The summed E-state index contributed by atoms with van der Waals surface area (Å²) in [5.41, 5.74) is 9.83. The van der Waals surface area contributed by atoms with Crippen LogP contribution in [0.1, 0.15) is 5.56 Å². The van der Waals surface area contributed by atoms with Crippen molar-refractivity contribution in [1.29, 1.82) is 5.26 Å². The highest BCUT2D eigenvalue weighted by molar-refractivity contribution is 6.12. The highest BCUT2D eigenvalue weighted by Crippen LogP contribution is 2.40. The summed E-state index contributed by atoms with van der Waals surface area (Å²) >= 11 is 0. The lowest BCUT2D eigenvalue weighted by Crippen LogP contribution is -2.00. The van der Waals surface area contributed by atoms with Crippen LogP contribution in [0.2, 0.25) is 0 Å². The van der Waals surface area contributed by atoms with Crippen molar-refractivity contribution in [3.05, 3.63) is 139 Å². The van der Waals surface area contributed by atoms with Crippen LogP contribution in [0.25, 0.3) is 71.7 Å². The van der Waals surface area contributed by atoms with E-state index in [4.69, 9.17) is 4.42 Å². The Kier molecular flexibility index (Phi) is 4.89. The predicted molar refractivity (Wildman–Crippen MR) is 164 cm³/mol. The number of benzene rings is 6. The molecule has 0 radical (unpaired) electrons. The van der Waals surface area contributed by atoms with Crippen LogP contribution in [-0.2, 0) is 0 Å². The molecule has 0 unspecified atom stereocenters. The maximum absolute atomic E-state index is 10.2. The van der Waals surface area contributed by atoms with Crippen molar-refractivity contribution in [1.82, 2.24) is 4.57 Å². The monoisotopic (exact) mass is 510 g/mol. The number of hydrogen-bond acceptors (Lipinski definition) is 2. The third-order valence-electron chi connectivity index (χ3n) is 7.87. The van der Waals surface area contributed by atoms with E-state index in [-0.39, 0.29) is 0 Å². The number of nitriles is 1. The van der Waals surface area contributed by atoms with Gasteiger partial charge in [0.15, 0.2) is 0 Å². The van der Waals surface area contributed by atoms with Gasteiger partial charge in [-0.1, -0.05) is 103 Å². The molecule has 0 spiro atoms. The van der Waals surface area contributed by atoms with E-state index in [0.29, 0.717) is 5.56 Å². The van der Waals surface area contributed by atoms with Crippen LogP contribution in [-0.4, -0.2) is 4.57 Å². The summed E-state index contributed by atoms with van der Waals surface area (Å²) in [7, 11) is 0. The second-order valence-electron chi connectivity index (χ2n) is 10.0. The van der Waals surface area contributed by atoms with Gasteiger partial charge >= 0.3 is 0 Å². The number of aromatic nitrogens is 1. The van der Waals surface area contributed by atoms with Gasteiger partial charge in [-0.05, 0) is 47.0 Å². The third-order valence-corrected chi connectivity index (χ3v) is 7.87. The fourth-order valence-corrected chi connectivity index (χ4v) is 6.12. The molecule has 0 saturated heterocycles. The first-order valence-electron chi connectivity index (χ1n) is 13.3. The van der Waals surface area contributed by atoms with Gasteiger partial charge in [0.25, 0.3) is 0 Å². The van der Waals surface area contributed by atoms with Crippen LogP contribution in [0.3, 0.4) is 0 Å². The Bertz CT molecular complexity index is 2220. The molecule has 0 aliphatic carbocycles. The van der Waals surface area contributed by atoms with Gasteiger partial charge in [0, 0.05) is 27.1 Å². The number of furan rings is 1. The molecule has 6 aromatic carbocycles. The molecule has 40 heavy (non-hydrogen) atoms. The molecule has 0 fully saturated rings. The molecule has 0 N–H and O–H groups in total. The van der Waals surface area contributed by atoms with E-state index in [9.17, 15) is 5.26 Å². The van der Waals surface area contributed by atoms with Gasteiger partial charge in [-0.15, -0.1) is 0 Å². The normalized spacial score (nSPS) is 11.5. The molecule has 0 aliphatic heterocycles. The summed E-state index contributed by atoms with van der Waals surface area (Å²) < 4.78 is 8.37. The van der Waals surface area contributed by atoms with E-state index in [1.165, 1.54) is 10.8 Å². The summed E-state index contributed by atoms with van der Waals surface area (Å²) in [6.07, 6.45) is 0. The lowest BCUT2D eigenvalue weighted by molar-refractivity contribution is 0.669. The lowest BCUT2D eigenvalue weighted by Gasteiger charge is -2.16. The lowest BCUT2D eigenvalue weighted by atomic mass is 9.95. The minimum Gasteiger partial charge on any atom is -0.456 e. The molecule has 0 bridgehead atoms. The summed E-state index contributed by atoms with van der Waals surface area (Å²) in [5, 5.41) is 14.8. The number of nitrogens with zero attached hydrogens (tertiary/aromatic N) is 2. The van der Waals surface area contributed by atoms with Crippen LogP contribution >= 0.6 is 0 Å². The van der Waals surface area contributed by atoms with Gasteiger partial charge in [-0.25, -0.2) is 0 Å². The van der Waals surface area contributed by atoms with E-state index in [1.807, 2.05) is 36.4 Å². The Hall–Kier alpha value is -5.59. The minimum atomic E-state index is 0.641. The second-order valence-corrected chi connectivity index (χ2v) is 10.0. The summed E-state index contributed by atoms with van der Waals surface area (Å²) in [6.45, 7) is 0. The van der Waals surface area contributed by atoms with E-state index in [2.05, 4.69) is 108 Å². The first kappa shape index (κ1) is 22.4. The smallest absolute Gasteiger partial charge is 0.136 e. The number of hydrogen-bond donors (Lipinski definition) is 0. The molecule has 0 aliphatic rings. The van der Waals surface area contributed by atoms with Gasteiger partial charge in [-0.3, -0.25) is 0 Å². The molecule has 3 nitrogen and oxygen atoms in total. The van der Waals surface area contributed by atoms with Crippen molar-refractivity contribution >= 4 is 43.7 Å². The summed E-state index contributed by atoms with van der Waals surface area (Å²) in [6, 6.07) is 48.3. The van der Waals surface area contributed by atoms with Crippen LogP contribution in [0, 0.1) is 11.3 Å². The first-order valence-corrected chi connectivity index (χ1v) is 13.3. The molecule has 3 heteroatoms. The zero-order valence-corrected chi connectivity index (χ0v) is 21.5. The van der Waals surface area contributed by atoms with Gasteiger partial charge in [0.2, 0.25) is 0 Å². The van der Waals surface area contributed by atoms with Gasteiger partial charge < -0.3 is 8.98 Å². The van der Waals surface area contributed by atoms with Gasteiger partial charge in [0.05, 0.1) is 22.3 Å². The Morgan fingerprint density at radius 1 is 0.500 bits per heavy atom. The molecule has 0 saturated carbocycles. The van der Waals surface area contributed by atoms with Gasteiger partial charge in [-0.2, -0.15) is 5.26 Å². The molecular formula is C37H22N2O. The molecule has 0 atom stereocenters. The molecule has 8 rings (SSSR count). The Balaban J connectivity index is 1.34. The van der Waals surface area contributed by atoms with Crippen LogP contribution in [0.5, 0.6) is 0 Å². The zero-order valence-electron chi connectivity index (χ0n) is 21.5. The molecule has 0 amide bonds. The highest BCUT2D eigenvalue weighted by Gasteiger charge is 2.19.